The van der Waals surface area contributed by atoms with Crippen LogP contribution in [0, 0.1) is 0 Å². The third-order valence-electron chi connectivity index (χ3n) is 2.45. The lowest BCUT2D eigenvalue weighted by atomic mass is 10.4. The third kappa shape index (κ3) is 1.61. The molecule has 0 saturated carbocycles. The van der Waals surface area contributed by atoms with Crippen LogP contribution in [0.5, 0.6) is 0 Å². The van der Waals surface area contributed by atoms with Crippen LogP contribution in [0.3, 0.4) is 0 Å². The van der Waals surface area contributed by atoms with Crippen LogP contribution < -0.4 is 5.56 Å². The zero-order chi connectivity index (χ0) is 11.7. The van der Waals surface area contributed by atoms with Crippen LogP contribution in [0.2, 0.25) is 0 Å². The molecular formula is C10H14N4O2. The standard InChI is InChI=1S/C10H14N4O2/c1-7(2)14-6-11-8-9(14)12-5-13(3-4-15)10(8)16/h5-7,15H,3-4H2,1-2H3. The van der Waals surface area contributed by atoms with Crippen LogP contribution in [0.25, 0.3) is 11.2 Å². The Hall–Kier alpha value is -1.69. The summed E-state index contributed by atoms with van der Waals surface area (Å²) in [7, 11) is 0. The topological polar surface area (TPSA) is 72.9 Å². The molecule has 6 heteroatoms. The number of aliphatic hydroxyl groups excluding tert-OH is 1. The molecule has 2 rings (SSSR count). The molecule has 0 aliphatic rings. The fourth-order valence-corrected chi connectivity index (χ4v) is 1.59. The molecule has 0 spiro atoms. The molecule has 2 heterocycles. The summed E-state index contributed by atoms with van der Waals surface area (Å²) in [6.45, 7) is 4.17. The second-order valence-corrected chi connectivity index (χ2v) is 3.88. The van der Waals surface area contributed by atoms with Crippen LogP contribution in [0.15, 0.2) is 17.4 Å². The van der Waals surface area contributed by atoms with Crippen molar-refractivity contribution >= 4 is 11.2 Å². The Morgan fingerprint density at radius 1 is 1.38 bits per heavy atom. The van der Waals surface area contributed by atoms with Crippen LogP contribution in [0.1, 0.15) is 19.9 Å². The Morgan fingerprint density at radius 3 is 2.75 bits per heavy atom. The van der Waals surface area contributed by atoms with Gasteiger partial charge in [0.15, 0.2) is 11.2 Å². The largest absolute Gasteiger partial charge is 0.395 e. The van der Waals surface area contributed by atoms with Crippen molar-refractivity contribution in [3.63, 3.8) is 0 Å². The van der Waals surface area contributed by atoms with E-state index in [1.165, 1.54) is 10.9 Å². The van der Waals surface area contributed by atoms with Crippen molar-refractivity contribution in [2.45, 2.75) is 26.4 Å². The van der Waals surface area contributed by atoms with E-state index in [2.05, 4.69) is 9.97 Å². The third-order valence-corrected chi connectivity index (χ3v) is 2.45. The predicted molar refractivity (Wildman–Crippen MR) is 59.3 cm³/mol. The number of aromatic nitrogens is 4. The molecular weight excluding hydrogens is 208 g/mol. The second kappa shape index (κ2) is 4.05. The van der Waals surface area contributed by atoms with E-state index in [1.807, 2.05) is 18.4 Å². The summed E-state index contributed by atoms with van der Waals surface area (Å²) in [5, 5.41) is 8.80. The maximum atomic E-state index is 11.9. The molecule has 0 aliphatic carbocycles. The summed E-state index contributed by atoms with van der Waals surface area (Å²) in [6, 6.07) is 0.214. The molecule has 0 aromatic carbocycles. The second-order valence-electron chi connectivity index (χ2n) is 3.88. The average molecular weight is 222 g/mol. The minimum Gasteiger partial charge on any atom is -0.395 e. The minimum absolute atomic E-state index is 0.0853. The number of imidazole rings is 1. The zero-order valence-electron chi connectivity index (χ0n) is 9.29. The molecule has 0 atom stereocenters. The predicted octanol–water partition coefficient (Wildman–Crippen LogP) is 0.166. The van der Waals surface area contributed by atoms with E-state index < -0.39 is 0 Å². The van der Waals surface area contributed by atoms with Gasteiger partial charge in [-0.3, -0.25) is 9.36 Å². The van der Waals surface area contributed by atoms with Gasteiger partial charge in [0.25, 0.3) is 5.56 Å². The molecule has 0 bridgehead atoms. The number of hydrogen-bond acceptors (Lipinski definition) is 4. The van der Waals surface area contributed by atoms with Gasteiger partial charge in [0.2, 0.25) is 0 Å². The SMILES string of the molecule is CC(C)n1cnc2c(=O)n(CCO)cnc21. The van der Waals surface area contributed by atoms with Crippen molar-refractivity contribution in [2.75, 3.05) is 6.61 Å². The van der Waals surface area contributed by atoms with Gasteiger partial charge >= 0.3 is 0 Å². The van der Waals surface area contributed by atoms with Gasteiger partial charge in [0, 0.05) is 6.04 Å². The summed E-state index contributed by atoms with van der Waals surface area (Å²) in [6.07, 6.45) is 3.06. The number of fused-ring (bicyclic) bond motifs is 1. The number of hydrogen-bond donors (Lipinski definition) is 1. The van der Waals surface area contributed by atoms with Crippen LogP contribution >= 0.6 is 0 Å². The normalized spacial score (nSPS) is 11.5. The maximum Gasteiger partial charge on any atom is 0.281 e. The quantitative estimate of drug-likeness (QED) is 0.803. The fraction of sp³-hybridized carbons (Fsp3) is 0.500. The van der Waals surface area contributed by atoms with Gasteiger partial charge in [-0.25, -0.2) is 9.97 Å². The van der Waals surface area contributed by atoms with Gasteiger partial charge in [-0.1, -0.05) is 0 Å². The van der Waals surface area contributed by atoms with E-state index in [0.29, 0.717) is 11.2 Å². The molecule has 86 valence electrons. The molecule has 16 heavy (non-hydrogen) atoms. The highest BCUT2D eigenvalue weighted by atomic mass is 16.3. The molecule has 0 unspecified atom stereocenters. The highest BCUT2D eigenvalue weighted by Crippen LogP contribution is 2.11. The smallest absolute Gasteiger partial charge is 0.281 e. The van der Waals surface area contributed by atoms with Crippen molar-refractivity contribution in [3.8, 4) is 0 Å². The van der Waals surface area contributed by atoms with E-state index in [4.69, 9.17) is 5.11 Å². The summed E-state index contributed by atoms with van der Waals surface area (Å²) in [5.41, 5.74) is 0.734. The molecule has 0 amide bonds. The Kier molecular flexibility index (Phi) is 2.74. The van der Waals surface area contributed by atoms with Gasteiger partial charge in [-0.05, 0) is 13.8 Å². The zero-order valence-corrected chi connectivity index (χ0v) is 9.29. The monoisotopic (exact) mass is 222 g/mol. The fourth-order valence-electron chi connectivity index (χ4n) is 1.59. The molecule has 0 aliphatic heterocycles. The highest BCUT2D eigenvalue weighted by Gasteiger charge is 2.11. The lowest BCUT2D eigenvalue weighted by Crippen LogP contribution is -2.22. The first kappa shape index (κ1) is 10.8. The van der Waals surface area contributed by atoms with Crippen molar-refractivity contribution < 1.29 is 5.11 Å². The average Bonchev–Trinajstić information content (AvgIpc) is 2.67. The van der Waals surface area contributed by atoms with Crippen LogP contribution in [-0.2, 0) is 6.54 Å². The van der Waals surface area contributed by atoms with Gasteiger partial charge < -0.3 is 9.67 Å². The molecule has 0 saturated heterocycles. The van der Waals surface area contributed by atoms with E-state index in [9.17, 15) is 4.79 Å². The van der Waals surface area contributed by atoms with Crippen molar-refractivity contribution in [1.29, 1.82) is 0 Å². The molecule has 2 aromatic rings. The first-order valence-corrected chi connectivity index (χ1v) is 5.18. The molecule has 0 radical (unpaired) electrons. The Morgan fingerprint density at radius 2 is 2.12 bits per heavy atom. The lowest BCUT2D eigenvalue weighted by Gasteiger charge is -2.07. The van der Waals surface area contributed by atoms with Crippen molar-refractivity contribution in [1.82, 2.24) is 19.1 Å². The number of rotatable bonds is 3. The Balaban J connectivity index is 2.64. The lowest BCUT2D eigenvalue weighted by molar-refractivity contribution is 0.274. The first-order valence-electron chi connectivity index (χ1n) is 5.18. The van der Waals surface area contributed by atoms with E-state index in [-0.39, 0.29) is 24.8 Å². The molecule has 2 aromatic heterocycles. The molecule has 0 fully saturated rings. The minimum atomic E-state index is -0.210. The van der Waals surface area contributed by atoms with E-state index in [1.54, 1.807) is 6.33 Å². The first-order chi connectivity index (χ1) is 7.65. The molecule has 6 nitrogen and oxygen atoms in total. The Labute approximate surface area is 92.2 Å². The van der Waals surface area contributed by atoms with Crippen molar-refractivity contribution in [3.05, 3.63) is 23.0 Å². The van der Waals surface area contributed by atoms with Crippen LogP contribution in [0.4, 0.5) is 0 Å². The van der Waals surface area contributed by atoms with Crippen molar-refractivity contribution in [2.24, 2.45) is 0 Å². The van der Waals surface area contributed by atoms with Gasteiger partial charge in [-0.2, -0.15) is 0 Å². The summed E-state index contributed by atoms with van der Waals surface area (Å²) in [5.74, 6) is 0. The van der Waals surface area contributed by atoms with Gasteiger partial charge in [0.05, 0.1) is 19.5 Å². The summed E-state index contributed by atoms with van der Waals surface area (Å²) < 4.78 is 3.21. The summed E-state index contributed by atoms with van der Waals surface area (Å²) in [4.78, 5) is 20.2. The maximum absolute atomic E-state index is 11.9. The highest BCUT2D eigenvalue weighted by molar-refractivity contribution is 5.69. The van der Waals surface area contributed by atoms with E-state index in [0.717, 1.165) is 0 Å². The Bertz CT molecular complexity index is 555. The van der Waals surface area contributed by atoms with E-state index >= 15 is 0 Å². The summed E-state index contributed by atoms with van der Waals surface area (Å²) >= 11 is 0. The van der Waals surface area contributed by atoms with Gasteiger partial charge in [0.1, 0.15) is 6.33 Å². The molecule has 1 N–H and O–H groups in total. The number of aliphatic hydroxyl groups is 1. The van der Waals surface area contributed by atoms with Gasteiger partial charge in [-0.15, -0.1) is 0 Å². The number of nitrogens with zero attached hydrogens (tertiary/aromatic N) is 4. The van der Waals surface area contributed by atoms with Crippen LogP contribution in [-0.4, -0.2) is 30.8 Å².